The Kier molecular flexibility index (Phi) is 3.21. The van der Waals surface area contributed by atoms with Crippen LogP contribution >= 0.6 is 11.3 Å². The number of morpholine rings is 1. The van der Waals surface area contributed by atoms with Gasteiger partial charge in [-0.15, -0.1) is 11.3 Å². The highest BCUT2D eigenvalue weighted by atomic mass is 32.1. The van der Waals surface area contributed by atoms with E-state index in [9.17, 15) is 0 Å². The molecule has 94 valence electrons. The van der Waals surface area contributed by atoms with Gasteiger partial charge >= 0.3 is 0 Å². The zero-order valence-electron chi connectivity index (χ0n) is 10.3. The largest absolute Gasteiger partial charge is 0.373 e. The van der Waals surface area contributed by atoms with Crippen LogP contribution in [-0.2, 0) is 4.74 Å². The lowest BCUT2D eigenvalue weighted by molar-refractivity contribution is -0.0593. The summed E-state index contributed by atoms with van der Waals surface area (Å²) in [6.45, 7) is 5.22. The molecule has 0 radical (unpaired) electrons. The lowest BCUT2D eigenvalue weighted by atomic mass is 10.0. The van der Waals surface area contributed by atoms with Gasteiger partial charge in [0, 0.05) is 17.5 Å². The fourth-order valence-electron chi connectivity index (χ4n) is 2.95. The maximum absolute atomic E-state index is 6.36. The normalized spacial score (nSPS) is 31.4. The fourth-order valence-corrected chi connectivity index (χ4v) is 3.94. The summed E-state index contributed by atoms with van der Waals surface area (Å²) in [5.41, 5.74) is 7.66. The Morgan fingerprint density at radius 1 is 1.59 bits per heavy atom. The van der Waals surface area contributed by atoms with Crippen molar-refractivity contribution in [1.29, 1.82) is 0 Å². The summed E-state index contributed by atoms with van der Waals surface area (Å²) in [5, 5.41) is 2.12. The van der Waals surface area contributed by atoms with Crippen molar-refractivity contribution < 1.29 is 4.74 Å². The zero-order valence-corrected chi connectivity index (χ0v) is 11.1. The Labute approximate surface area is 107 Å². The topological polar surface area (TPSA) is 38.5 Å². The third-order valence-corrected chi connectivity index (χ3v) is 5.14. The number of thiophene rings is 1. The third-order valence-electron chi connectivity index (χ3n) is 4.02. The molecule has 3 atom stereocenters. The maximum atomic E-state index is 6.36. The van der Waals surface area contributed by atoms with Crippen LogP contribution in [0.25, 0.3) is 0 Å². The molecule has 0 aliphatic carbocycles. The van der Waals surface area contributed by atoms with E-state index in [2.05, 4.69) is 23.3 Å². The summed E-state index contributed by atoms with van der Waals surface area (Å²) >= 11 is 1.75. The van der Waals surface area contributed by atoms with Crippen LogP contribution < -0.4 is 5.73 Å². The minimum atomic E-state index is 0.0385. The number of aryl methyl sites for hydroxylation is 1. The summed E-state index contributed by atoms with van der Waals surface area (Å²) in [6, 6.07) is 2.83. The van der Waals surface area contributed by atoms with Gasteiger partial charge in [0.1, 0.15) is 0 Å². The highest BCUT2D eigenvalue weighted by molar-refractivity contribution is 7.10. The molecule has 0 aromatic carbocycles. The highest BCUT2D eigenvalue weighted by Crippen LogP contribution is 2.30. The van der Waals surface area contributed by atoms with Gasteiger partial charge in [-0.25, -0.2) is 0 Å². The second kappa shape index (κ2) is 4.69. The quantitative estimate of drug-likeness (QED) is 0.874. The van der Waals surface area contributed by atoms with E-state index in [0.29, 0.717) is 6.04 Å². The zero-order chi connectivity index (χ0) is 11.8. The Morgan fingerprint density at radius 3 is 3.24 bits per heavy atom. The van der Waals surface area contributed by atoms with E-state index in [1.807, 2.05) is 0 Å². The van der Waals surface area contributed by atoms with Crippen LogP contribution in [0.2, 0.25) is 0 Å². The SMILES string of the molecule is Cc1ccsc1C(N)C1CN2CCCC2CO1. The number of rotatable bonds is 2. The van der Waals surface area contributed by atoms with E-state index in [-0.39, 0.29) is 12.1 Å². The molecular formula is C13H20N2OS. The molecule has 1 aromatic rings. The average molecular weight is 252 g/mol. The van der Waals surface area contributed by atoms with Gasteiger partial charge < -0.3 is 10.5 Å². The van der Waals surface area contributed by atoms with Crippen molar-refractivity contribution >= 4 is 11.3 Å². The number of hydrogen-bond acceptors (Lipinski definition) is 4. The molecule has 3 rings (SSSR count). The van der Waals surface area contributed by atoms with Gasteiger partial charge in [0.05, 0.1) is 18.8 Å². The van der Waals surface area contributed by atoms with Gasteiger partial charge in [-0.05, 0) is 43.3 Å². The Balaban J connectivity index is 1.71. The first-order valence-corrected chi connectivity index (χ1v) is 7.29. The summed E-state index contributed by atoms with van der Waals surface area (Å²) in [7, 11) is 0. The van der Waals surface area contributed by atoms with Crippen molar-refractivity contribution in [1.82, 2.24) is 4.90 Å². The van der Waals surface area contributed by atoms with Gasteiger partial charge in [-0.1, -0.05) is 0 Å². The fraction of sp³-hybridized carbons (Fsp3) is 0.692. The molecule has 1 aromatic heterocycles. The van der Waals surface area contributed by atoms with Crippen molar-refractivity contribution in [2.75, 3.05) is 19.7 Å². The Bertz CT molecular complexity index is 393. The smallest absolute Gasteiger partial charge is 0.0903 e. The second-order valence-corrected chi connectivity index (χ2v) is 6.10. The highest BCUT2D eigenvalue weighted by Gasteiger charge is 2.35. The van der Waals surface area contributed by atoms with E-state index in [4.69, 9.17) is 10.5 Å². The number of fused-ring (bicyclic) bond motifs is 1. The molecule has 0 amide bonds. The van der Waals surface area contributed by atoms with Crippen LogP contribution in [0.4, 0.5) is 0 Å². The Hall–Kier alpha value is -0.420. The van der Waals surface area contributed by atoms with Crippen LogP contribution in [0, 0.1) is 6.92 Å². The standard InChI is InChI=1S/C13H20N2OS/c1-9-4-6-17-13(9)12(14)11-7-15-5-2-3-10(15)8-16-11/h4,6,10-12H,2-3,5,7-8,14H2,1H3. The molecule has 2 aliphatic rings. The van der Waals surface area contributed by atoms with Gasteiger partial charge in [0.15, 0.2) is 0 Å². The van der Waals surface area contributed by atoms with Gasteiger partial charge in [-0.3, -0.25) is 4.90 Å². The van der Waals surface area contributed by atoms with Crippen molar-refractivity contribution in [3.8, 4) is 0 Å². The number of ether oxygens (including phenoxy) is 1. The predicted octanol–water partition coefficient (Wildman–Crippen LogP) is 1.92. The van der Waals surface area contributed by atoms with Crippen LogP contribution in [-0.4, -0.2) is 36.7 Å². The molecular weight excluding hydrogens is 232 g/mol. The molecule has 3 heterocycles. The van der Waals surface area contributed by atoms with Gasteiger partial charge in [0.2, 0.25) is 0 Å². The molecule has 2 saturated heterocycles. The molecule has 0 saturated carbocycles. The van der Waals surface area contributed by atoms with Crippen molar-refractivity contribution in [3.63, 3.8) is 0 Å². The molecule has 2 aliphatic heterocycles. The van der Waals surface area contributed by atoms with Gasteiger partial charge in [0.25, 0.3) is 0 Å². The summed E-state index contributed by atoms with van der Waals surface area (Å²) in [6.07, 6.45) is 2.77. The molecule has 2 fully saturated rings. The lowest BCUT2D eigenvalue weighted by Gasteiger charge is -2.37. The number of nitrogens with two attached hydrogens (primary N) is 1. The van der Waals surface area contributed by atoms with Crippen molar-refractivity contribution in [3.05, 3.63) is 21.9 Å². The summed E-state index contributed by atoms with van der Waals surface area (Å²) in [4.78, 5) is 3.84. The lowest BCUT2D eigenvalue weighted by Crippen LogP contribution is -2.49. The van der Waals surface area contributed by atoms with E-state index in [1.54, 1.807) is 11.3 Å². The summed E-state index contributed by atoms with van der Waals surface area (Å²) < 4.78 is 5.97. The molecule has 3 nitrogen and oxygen atoms in total. The van der Waals surface area contributed by atoms with Gasteiger partial charge in [-0.2, -0.15) is 0 Å². The Morgan fingerprint density at radius 2 is 2.47 bits per heavy atom. The minimum Gasteiger partial charge on any atom is -0.373 e. The first-order valence-electron chi connectivity index (χ1n) is 6.41. The monoisotopic (exact) mass is 252 g/mol. The van der Waals surface area contributed by atoms with E-state index in [1.165, 1.54) is 29.8 Å². The molecule has 4 heteroatoms. The molecule has 0 bridgehead atoms. The number of nitrogens with zero attached hydrogens (tertiary/aromatic N) is 1. The first kappa shape index (κ1) is 11.7. The van der Waals surface area contributed by atoms with E-state index < -0.39 is 0 Å². The van der Waals surface area contributed by atoms with Crippen LogP contribution in [0.5, 0.6) is 0 Å². The van der Waals surface area contributed by atoms with Crippen LogP contribution in [0.3, 0.4) is 0 Å². The van der Waals surface area contributed by atoms with E-state index >= 15 is 0 Å². The average Bonchev–Trinajstić information content (AvgIpc) is 2.95. The maximum Gasteiger partial charge on any atom is 0.0903 e. The minimum absolute atomic E-state index is 0.0385. The van der Waals surface area contributed by atoms with Crippen molar-refractivity contribution in [2.45, 2.75) is 38.0 Å². The summed E-state index contributed by atoms with van der Waals surface area (Å²) in [5.74, 6) is 0. The molecule has 3 unspecified atom stereocenters. The molecule has 17 heavy (non-hydrogen) atoms. The second-order valence-electron chi connectivity index (χ2n) is 5.16. The molecule has 0 spiro atoms. The van der Waals surface area contributed by atoms with Crippen LogP contribution in [0.1, 0.15) is 29.3 Å². The first-order chi connectivity index (χ1) is 8.25. The van der Waals surface area contributed by atoms with E-state index in [0.717, 1.165) is 13.2 Å². The van der Waals surface area contributed by atoms with Crippen molar-refractivity contribution in [2.24, 2.45) is 5.73 Å². The third kappa shape index (κ3) is 2.15. The predicted molar refractivity (Wildman–Crippen MR) is 70.3 cm³/mol. The number of hydrogen-bond donors (Lipinski definition) is 1. The van der Waals surface area contributed by atoms with Crippen LogP contribution in [0.15, 0.2) is 11.4 Å². The molecule has 2 N–H and O–H groups in total.